The van der Waals surface area contributed by atoms with Crippen LogP contribution in [0.4, 0.5) is 68.2 Å². The Balaban J connectivity index is 0.000000178. The van der Waals surface area contributed by atoms with E-state index in [1.165, 1.54) is 16.5 Å². The standard InChI is InChI=1S/C13H14N2.C12H12N2.C10H10N2.2C7H10N2.C6H8N2/c14-12-5-1-10(2-6-12)9-11-3-7-13(15)8-4-11;13-11-5-1-9(2-6-11)10-3-7-12(14)8-4-10;11-9-3-1-7-2-4-10(12)6-8(7)5-9;1-5-2-6(8)4-7(9)3-5;1-5-2-3-6(8)4-7(5)9;7-5-2-1-3-6(8)4-5/h1-8H,9,14-15H2;1-8H,13-14H2;1-6H,11-12H2;2*2-4H,8-9H2,1H3;1-4H,7-8H2. The molecule has 0 radical (unpaired) electrons. The van der Waals surface area contributed by atoms with Crippen molar-refractivity contribution in [1.29, 1.82) is 0 Å². The van der Waals surface area contributed by atoms with Crippen LogP contribution in [0, 0.1) is 13.8 Å². The van der Waals surface area contributed by atoms with Gasteiger partial charge in [-0.1, -0.05) is 72.8 Å². The molecule has 0 bridgehead atoms. The van der Waals surface area contributed by atoms with Gasteiger partial charge >= 0.3 is 0 Å². The van der Waals surface area contributed by atoms with E-state index in [2.05, 4.69) is 0 Å². The molecule has 0 heterocycles. The first-order valence-corrected chi connectivity index (χ1v) is 21.2. The fourth-order valence-corrected chi connectivity index (χ4v) is 6.20. The molecule has 0 atom stereocenters. The zero-order valence-corrected chi connectivity index (χ0v) is 38.1. The van der Waals surface area contributed by atoms with Crippen LogP contribution in [0.25, 0.3) is 21.9 Å². The van der Waals surface area contributed by atoms with E-state index in [-0.39, 0.29) is 0 Å². The lowest BCUT2D eigenvalue weighted by atomic mass is 10.0. The molecule has 9 aromatic rings. The molecule has 0 saturated heterocycles. The van der Waals surface area contributed by atoms with Gasteiger partial charge in [0, 0.05) is 68.2 Å². The average molecular weight is 893 g/mol. The number of hydrogen-bond acceptors (Lipinski definition) is 12. The smallest absolute Gasteiger partial charge is 0.0364 e. The molecule has 12 nitrogen and oxygen atoms in total. The van der Waals surface area contributed by atoms with Gasteiger partial charge in [-0.3, -0.25) is 0 Å². The van der Waals surface area contributed by atoms with E-state index in [1.54, 1.807) is 30.3 Å². The molecule has 24 N–H and O–H groups in total. The summed E-state index contributed by atoms with van der Waals surface area (Å²) in [6.07, 6.45) is 0.917. The maximum Gasteiger partial charge on any atom is 0.0364 e. The minimum absolute atomic E-state index is 0.713. The lowest BCUT2D eigenvalue weighted by Crippen LogP contribution is -1.91. The van der Waals surface area contributed by atoms with Gasteiger partial charge in [0.05, 0.1) is 0 Å². The van der Waals surface area contributed by atoms with Crippen molar-refractivity contribution in [3.05, 3.63) is 216 Å². The van der Waals surface area contributed by atoms with Crippen molar-refractivity contribution in [2.75, 3.05) is 68.8 Å². The summed E-state index contributed by atoms with van der Waals surface area (Å²) in [6.45, 7) is 3.92. The van der Waals surface area contributed by atoms with E-state index in [4.69, 9.17) is 68.8 Å². The van der Waals surface area contributed by atoms with Crippen molar-refractivity contribution < 1.29 is 0 Å². The molecule has 9 aromatic carbocycles. The second kappa shape index (κ2) is 25.2. The van der Waals surface area contributed by atoms with Gasteiger partial charge in [-0.15, -0.1) is 0 Å². The fraction of sp³-hybridized carbons (Fsp3) is 0.0545. The van der Waals surface area contributed by atoms with Crippen LogP contribution < -0.4 is 68.8 Å². The van der Waals surface area contributed by atoms with Crippen LogP contribution in [-0.4, -0.2) is 0 Å². The Bertz CT molecular complexity index is 2710. The van der Waals surface area contributed by atoms with Crippen molar-refractivity contribution >= 4 is 79.0 Å². The summed E-state index contributed by atoms with van der Waals surface area (Å²) in [7, 11) is 0. The van der Waals surface area contributed by atoms with E-state index in [1.807, 2.05) is 178 Å². The van der Waals surface area contributed by atoms with Crippen molar-refractivity contribution in [3.63, 3.8) is 0 Å². The normalized spacial score (nSPS) is 9.82. The molecule has 0 amide bonds. The highest BCUT2D eigenvalue weighted by molar-refractivity contribution is 5.87. The summed E-state index contributed by atoms with van der Waals surface area (Å²) in [5.74, 6) is 0. The summed E-state index contributed by atoms with van der Waals surface area (Å²) in [5, 5.41) is 2.26. The minimum Gasteiger partial charge on any atom is -0.399 e. The predicted molar refractivity (Wildman–Crippen MR) is 293 cm³/mol. The Morgan fingerprint density at radius 3 is 0.940 bits per heavy atom. The van der Waals surface area contributed by atoms with Crippen LogP contribution in [0.2, 0.25) is 0 Å². The zero-order chi connectivity index (χ0) is 48.9. The Morgan fingerprint density at radius 1 is 0.269 bits per heavy atom. The molecule has 0 spiro atoms. The maximum atomic E-state index is 5.63. The maximum absolute atomic E-state index is 5.63. The van der Waals surface area contributed by atoms with Crippen LogP contribution in [0.1, 0.15) is 22.3 Å². The quantitative estimate of drug-likeness (QED) is 0.0737. The molecule has 0 unspecified atom stereocenters. The van der Waals surface area contributed by atoms with Crippen molar-refractivity contribution in [2.45, 2.75) is 20.3 Å². The van der Waals surface area contributed by atoms with Crippen LogP contribution in [0.5, 0.6) is 0 Å². The Kier molecular flexibility index (Phi) is 19.0. The third-order valence-electron chi connectivity index (χ3n) is 9.75. The largest absolute Gasteiger partial charge is 0.399 e. The third kappa shape index (κ3) is 18.6. The molecule has 0 saturated carbocycles. The number of nitrogen functional groups attached to an aromatic ring is 12. The Labute approximate surface area is 394 Å². The summed E-state index contributed by atoms with van der Waals surface area (Å²) in [4.78, 5) is 0. The number of rotatable bonds is 3. The van der Waals surface area contributed by atoms with E-state index in [0.717, 1.165) is 90.9 Å². The molecule has 344 valence electrons. The fourth-order valence-electron chi connectivity index (χ4n) is 6.20. The molecule has 0 aliphatic heterocycles. The van der Waals surface area contributed by atoms with Crippen LogP contribution in [-0.2, 0) is 6.42 Å². The first-order valence-electron chi connectivity index (χ1n) is 21.2. The van der Waals surface area contributed by atoms with E-state index < -0.39 is 0 Å². The highest BCUT2D eigenvalue weighted by Crippen LogP contribution is 2.22. The van der Waals surface area contributed by atoms with Crippen LogP contribution >= 0.6 is 0 Å². The third-order valence-corrected chi connectivity index (χ3v) is 9.75. The summed E-state index contributed by atoms with van der Waals surface area (Å²) >= 11 is 0. The number of nitrogens with two attached hydrogens (primary N) is 12. The lowest BCUT2D eigenvalue weighted by molar-refractivity contribution is 1.19. The second-order valence-corrected chi connectivity index (χ2v) is 15.7. The van der Waals surface area contributed by atoms with Crippen LogP contribution in [0.3, 0.4) is 0 Å². The highest BCUT2D eigenvalue weighted by atomic mass is 14.6. The molecular weight excluding hydrogens is 829 g/mol. The highest BCUT2D eigenvalue weighted by Gasteiger charge is 1.98. The second-order valence-electron chi connectivity index (χ2n) is 15.7. The number of hydrogen-bond donors (Lipinski definition) is 12. The van der Waals surface area contributed by atoms with Gasteiger partial charge in [-0.05, 0) is 186 Å². The molecule has 12 heteroatoms. The topological polar surface area (TPSA) is 312 Å². The van der Waals surface area contributed by atoms with Gasteiger partial charge in [0.2, 0.25) is 0 Å². The Hall–Kier alpha value is -9.16. The molecule has 0 aliphatic rings. The predicted octanol–water partition coefficient (Wildman–Crippen LogP) is 10.1. The molecule has 0 aliphatic carbocycles. The molecule has 0 fully saturated rings. The van der Waals surface area contributed by atoms with Gasteiger partial charge in [-0.2, -0.15) is 0 Å². The van der Waals surface area contributed by atoms with E-state index >= 15 is 0 Å². The van der Waals surface area contributed by atoms with E-state index in [9.17, 15) is 0 Å². The number of fused-ring (bicyclic) bond motifs is 1. The monoisotopic (exact) mass is 893 g/mol. The van der Waals surface area contributed by atoms with Crippen molar-refractivity contribution in [3.8, 4) is 11.1 Å². The number of aryl methyl sites for hydroxylation is 2. The first-order chi connectivity index (χ1) is 31.9. The minimum atomic E-state index is 0.713. The molecule has 9 rings (SSSR count). The summed E-state index contributed by atoms with van der Waals surface area (Å²) < 4.78 is 0. The first kappa shape index (κ1) is 50.5. The van der Waals surface area contributed by atoms with E-state index in [0.29, 0.717) is 11.4 Å². The lowest BCUT2D eigenvalue weighted by Gasteiger charge is -2.02. The van der Waals surface area contributed by atoms with Crippen molar-refractivity contribution in [2.24, 2.45) is 0 Å². The van der Waals surface area contributed by atoms with Gasteiger partial charge in [0.25, 0.3) is 0 Å². The van der Waals surface area contributed by atoms with Gasteiger partial charge < -0.3 is 68.8 Å². The summed E-state index contributed by atoms with van der Waals surface area (Å²) in [5.41, 5.74) is 82.5. The van der Waals surface area contributed by atoms with Gasteiger partial charge in [0.15, 0.2) is 0 Å². The molecule has 67 heavy (non-hydrogen) atoms. The zero-order valence-electron chi connectivity index (χ0n) is 38.1. The SMILES string of the molecule is Cc1cc(N)cc(N)c1.Cc1ccc(N)cc1N.Nc1ccc(-c2ccc(N)cc2)cc1.Nc1ccc(Cc2ccc(N)cc2)cc1.Nc1ccc2ccc(N)cc2c1.Nc1cccc(N)c1. The molecule has 0 aromatic heterocycles. The van der Waals surface area contributed by atoms with Gasteiger partial charge in [-0.25, -0.2) is 0 Å². The van der Waals surface area contributed by atoms with Crippen molar-refractivity contribution in [1.82, 2.24) is 0 Å². The number of anilines is 12. The number of benzene rings is 9. The van der Waals surface area contributed by atoms with Gasteiger partial charge in [0.1, 0.15) is 0 Å². The summed E-state index contributed by atoms with van der Waals surface area (Å²) in [6, 6.07) is 61.2. The Morgan fingerprint density at radius 2 is 0.597 bits per heavy atom. The average Bonchev–Trinajstić information content (AvgIpc) is 3.28. The molecular formula is C55H64N12. The van der Waals surface area contributed by atoms with Crippen LogP contribution in [0.15, 0.2) is 194 Å².